The molecule has 0 unspecified atom stereocenters. The molecule has 0 spiro atoms. The third-order valence-electron chi connectivity index (χ3n) is 4.97. The molecule has 1 heterocycles. The molecular formula is C24H30N2O3. The van der Waals surface area contributed by atoms with Crippen LogP contribution >= 0.6 is 0 Å². The highest BCUT2D eigenvalue weighted by Crippen LogP contribution is 2.23. The van der Waals surface area contributed by atoms with Crippen LogP contribution in [0, 0.1) is 0 Å². The molecular weight excluding hydrogens is 364 g/mol. The summed E-state index contributed by atoms with van der Waals surface area (Å²) in [5, 5.41) is 0. The van der Waals surface area contributed by atoms with Crippen LogP contribution in [0.25, 0.3) is 0 Å². The van der Waals surface area contributed by atoms with Gasteiger partial charge in [0.1, 0.15) is 5.60 Å². The zero-order valence-electron chi connectivity index (χ0n) is 17.5. The Kier molecular flexibility index (Phi) is 6.70. The predicted octanol–water partition coefficient (Wildman–Crippen LogP) is 4.61. The Morgan fingerprint density at radius 1 is 1.00 bits per heavy atom. The van der Waals surface area contributed by atoms with E-state index in [-0.39, 0.29) is 11.9 Å². The Balaban J connectivity index is 1.78. The fraction of sp³-hybridized carbons (Fsp3) is 0.417. The molecule has 0 N–H and O–H groups in total. The number of hydrogen-bond acceptors (Lipinski definition) is 4. The lowest BCUT2D eigenvalue weighted by molar-refractivity contribution is -0.134. The van der Waals surface area contributed by atoms with Crippen LogP contribution in [0.4, 0.5) is 4.79 Å². The summed E-state index contributed by atoms with van der Waals surface area (Å²) in [4.78, 5) is 28.6. The summed E-state index contributed by atoms with van der Waals surface area (Å²) in [6.45, 7) is 7.32. The summed E-state index contributed by atoms with van der Waals surface area (Å²) >= 11 is 0. The Labute approximate surface area is 173 Å². The van der Waals surface area contributed by atoms with Crippen LogP contribution in [0.1, 0.15) is 44.7 Å². The minimum atomic E-state index is -0.627. The first-order valence-electron chi connectivity index (χ1n) is 10.2. The first-order chi connectivity index (χ1) is 13.8. The number of ether oxygens (including phenoxy) is 1. The van der Waals surface area contributed by atoms with Gasteiger partial charge in [0.15, 0.2) is 0 Å². The van der Waals surface area contributed by atoms with E-state index in [0.29, 0.717) is 13.0 Å². The van der Waals surface area contributed by atoms with Gasteiger partial charge < -0.3 is 4.74 Å². The van der Waals surface area contributed by atoms with Crippen molar-refractivity contribution in [2.75, 3.05) is 6.54 Å². The molecule has 0 bridgehead atoms. The van der Waals surface area contributed by atoms with Gasteiger partial charge in [-0.2, -0.15) is 0 Å². The van der Waals surface area contributed by atoms with Crippen molar-refractivity contribution in [1.29, 1.82) is 0 Å². The van der Waals surface area contributed by atoms with Gasteiger partial charge in [-0.25, -0.2) is 9.69 Å². The van der Waals surface area contributed by atoms with Crippen molar-refractivity contribution in [3.63, 3.8) is 0 Å². The highest BCUT2D eigenvalue weighted by molar-refractivity contribution is 5.92. The summed E-state index contributed by atoms with van der Waals surface area (Å²) in [5.41, 5.74) is 1.80. The summed E-state index contributed by atoms with van der Waals surface area (Å²) in [5.74, 6) is -0.158. The third kappa shape index (κ3) is 6.16. The van der Waals surface area contributed by atoms with E-state index in [4.69, 9.17) is 4.74 Å². The van der Waals surface area contributed by atoms with Crippen molar-refractivity contribution in [2.24, 2.45) is 0 Å². The number of rotatable bonds is 5. The first-order valence-corrected chi connectivity index (χ1v) is 10.2. The number of nitrogens with zero attached hydrogens (tertiary/aromatic N) is 2. The third-order valence-corrected chi connectivity index (χ3v) is 4.97. The van der Waals surface area contributed by atoms with E-state index in [0.717, 1.165) is 19.5 Å². The van der Waals surface area contributed by atoms with Crippen molar-refractivity contribution >= 4 is 12.0 Å². The zero-order valence-corrected chi connectivity index (χ0v) is 17.5. The van der Waals surface area contributed by atoms with Crippen molar-refractivity contribution in [1.82, 2.24) is 9.80 Å². The minimum absolute atomic E-state index is 0.0839. The molecule has 1 atom stereocenters. The van der Waals surface area contributed by atoms with E-state index >= 15 is 0 Å². The molecule has 3 rings (SSSR count). The molecule has 0 radical (unpaired) electrons. The lowest BCUT2D eigenvalue weighted by Crippen LogP contribution is -2.52. The molecule has 154 valence electrons. The maximum absolute atomic E-state index is 12.6. The maximum Gasteiger partial charge on any atom is 0.417 e. The standard InChI is InChI=1S/C24H30N2O3/c1-24(2,3)29-23(28)26-18-21(14-15-22(26)27)25(16-19-10-6-4-7-11-19)17-20-12-8-5-9-13-20/h4-13,21H,14-18H2,1-3H3/t21-/m0/s1. The van der Waals surface area contributed by atoms with Gasteiger partial charge in [-0.1, -0.05) is 60.7 Å². The van der Waals surface area contributed by atoms with Gasteiger partial charge in [-0.3, -0.25) is 9.69 Å². The van der Waals surface area contributed by atoms with Crippen LogP contribution in [0.15, 0.2) is 60.7 Å². The molecule has 0 aromatic heterocycles. The van der Waals surface area contributed by atoms with E-state index in [1.165, 1.54) is 16.0 Å². The number of imide groups is 1. The molecule has 2 aromatic carbocycles. The van der Waals surface area contributed by atoms with E-state index < -0.39 is 11.7 Å². The quantitative estimate of drug-likeness (QED) is 0.743. The van der Waals surface area contributed by atoms with Crippen LogP contribution < -0.4 is 0 Å². The largest absolute Gasteiger partial charge is 0.443 e. The minimum Gasteiger partial charge on any atom is -0.443 e. The van der Waals surface area contributed by atoms with Crippen LogP contribution in [-0.2, 0) is 22.6 Å². The number of piperidine rings is 1. The van der Waals surface area contributed by atoms with Gasteiger partial charge in [0.25, 0.3) is 0 Å². The van der Waals surface area contributed by atoms with Crippen molar-refractivity contribution in [2.45, 2.75) is 58.3 Å². The molecule has 0 aliphatic carbocycles. The van der Waals surface area contributed by atoms with Gasteiger partial charge in [0.05, 0.1) is 0 Å². The fourth-order valence-electron chi connectivity index (χ4n) is 3.57. The maximum atomic E-state index is 12.6. The number of hydrogen-bond donors (Lipinski definition) is 0. The number of carbonyl (C=O) groups excluding carboxylic acids is 2. The second-order valence-electron chi connectivity index (χ2n) is 8.55. The second kappa shape index (κ2) is 9.23. The number of amides is 2. The second-order valence-corrected chi connectivity index (χ2v) is 8.55. The summed E-state index contributed by atoms with van der Waals surface area (Å²) in [6.07, 6.45) is 0.536. The van der Waals surface area contributed by atoms with Crippen LogP contribution in [0.2, 0.25) is 0 Å². The Morgan fingerprint density at radius 2 is 1.52 bits per heavy atom. The van der Waals surface area contributed by atoms with Gasteiger partial charge in [-0.05, 0) is 38.3 Å². The Morgan fingerprint density at radius 3 is 2.00 bits per heavy atom. The van der Waals surface area contributed by atoms with E-state index in [1.807, 2.05) is 57.2 Å². The lowest BCUT2D eigenvalue weighted by Gasteiger charge is -2.38. The zero-order chi connectivity index (χ0) is 20.9. The molecule has 1 saturated heterocycles. The lowest BCUT2D eigenvalue weighted by atomic mass is 10.0. The van der Waals surface area contributed by atoms with Crippen LogP contribution in [0.3, 0.4) is 0 Å². The van der Waals surface area contributed by atoms with E-state index in [9.17, 15) is 9.59 Å². The molecule has 29 heavy (non-hydrogen) atoms. The molecule has 2 amide bonds. The Bertz CT molecular complexity index is 774. The molecule has 5 heteroatoms. The highest BCUT2D eigenvalue weighted by atomic mass is 16.6. The predicted molar refractivity (Wildman–Crippen MR) is 113 cm³/mol. The Hall–Kier alpha value is -2.66. The summed E-state index contributed by atoms with van der Waals surface area (Å²) < 4.78 is 5.46. The van der Waals surface area contributed by atoms with Crippen molar-refractivity contribution in [3.8, 4) is 0 Å². The molecule has 0 saturated carbocycles. The number of benzene rings is 2. The molecule has 1 aliphatic rings. The van der Waals surface area contributed by atoms with Crippen molar-refractivity contribution < 1.29 is 14.3 Å². The highest BCUT2D eigenvalue weighted by Gasteiger charge is 2.35. The number of carbonyl (C=O) groups is 2. The average Bonchev–Trinajstić information content (AvgIpc) is 2.68. The van der Waals surface area contributed by atoms with Crippen LogP contribution in [-0.4, -0.2) is 40.0 Å². The smallest absolute Gasteiger partial charge is 0.417 e. The topological polar surface area (TPSA) is 49.9 Å². The fourth-order valence-corrected chi connectivity index (χ4v) is 3.57. The monoisotopic (exact) mass is 394 g/mol. The molecule has 2 aromatic rings. The van der Waals surface area contributed by atoms with Crippen LogP contribution in [0.5, 0.6) is 0 Å². The normalized spacial score (nSPS) is 17.4. The number of likely N-dealkylation sites (tertiary alicyclic amines) is 1. The SMILES string of the molecule is CC(C)(C)OC(=O)N1C[C@@H](N(Cc2ccccc2)Cc2ccccc2)CCC1=O. The van der Waals surface area contributed by atoms with E-state index in [2.05, 4.69) is 29.2 Å². The van der Waals surface area contributed by atoms with Gasteiger partial charge in [0, 0.05) is 32.1 Å². The van der Waals surface area contributed by atoms with Gasteiger partial charge in [0.2, 0.25) is 5.91 Å². The summed E-state index contributed by atoms with van der Waals surface area (Å²) in [7, 11) is 0. The van der Waals surface area contributed by atoms with Crippen molar-refractivity contribution in [3.05, 3.63) is 71.8 Å². The molecule has 1 fully saturated rings. The summed E-state index contributed by atoms with van der Waals surface area (Å²) in [6, 6.07) is 20.7. The van der Waals surface area contributed by atoms with E-state index in [1.54, 1.807) is 0 Å². The molecule has 5 nitrogen and oxygen atoms in total. The molecule has 1 aliphatic heterocycles. The van der Waals surface area contributed by atoms with Gasteiger partial charge >= 0.3 is 6.09 Å². The van der Waals surface area contributed by atoms with Gasteiger partial charge in [-0.15, -0.1) is 0 Å². The first kappa shape index (κ1) is 21.1. The average molecular weight is 395 g/mol.